The van der Waals surface area contributed by atoms with E-state index in [1.165, 1.54) is 12.1 Å². The molecule has 8 heteroatoms. The fourth-order valence-electron chi connectivity index (χ4n) is 3.13. The van der Waals surface area contributed by atoms with Crippen molar-refractivity contribution in [3.63, 3.8) is 0 Å². The lowest BCUT2D eigenvalue weighted by Crippen LogP contribution is -2.56. The largest absolute Gasteiger partial charge is 0.417 e. The molecule has 0 unspecified atom stereocenters. The van der Waals surface area contributed by atoms with Crippen molar-refractivity contribution in [3.8, 4) is 5.88 Å². The number of alkyl halides is 2. The molecule has 27 heavy (non-hydrogen) atoms. The zero-order valence-corrected chi connectivity index (χ0v) is 15.7. The van der Waals surface area contributed by atoms with Crippen molar-refractivity contribution in [1.82, 2.24) is 4.98 Å². The van der Waals surface area contributed by atoms with E-state index in [0.717, 1.165) is 11.1 Å². The number of ether oxygens (including phenoxy) is 2. The Bertz CT molecular complexity index is 895. The molecule has 144 valence electrons. The molecule has 1 aromatic heterocycles. The minimum absolute atomic E-state index is 0.0993. The van der Waals surface area contributed by atoms with Crippen LogP contribution in [0.2, 0.25) is 0 Å². The number of aromatic amines is 1. The Morgan fingerprint density at radius 1 is 1.26 bits per heavy atom. The number of benzene rings is 1. The molecular formula is C19H20F2N2O3S. The molecule has 1 aliphatic heterocycles. The summed E-state index contributed by atoms with van der Waals surface area (Å²) in [7, 11) is 0. The third-order valence-electron chi connectivity index (χ3n) is 4.57. The molecule has 2 heterocycles. The van der Waals surface area contributed by atoms with Gasteiger partial charge in [-0.2, -0.15) is 8.78 Å². The number of amides is 1. The molecule has 2 aromatic rings. The van der Waals surface area contributed by atoms with E-state index in [-0.39, 0.29) is 41.2 Å². The number of anilines is 1. The van der Waals surface area contributed by atoms with E-state index in [9.17, 15) is 13.6 Å². The summed E-state index contributed by atoms with van der Waals surface area (Å²) in [6.45, 7) is 1.50. The summed E-state index contributed by atoms with van der Waals surface area (Å²) >= 11 is 4.94. The minimum atomic E-state index is -3.05. The lowest BCUT2D eigenvalue weighted by Gasteiger charge is -2.41. The molecule has 0 spiro atoms. The lowest BCUT2D eigenvalue weighted by atomic mass is 9.73. The summed E-state index contributed by atoms with van der Waals surface area (Å²) in [5.41, 5.74) is 1.15. The monoisotopic (exact) mass is 394 g/mol. The van der Waals surface area contributed by atoms with Gasteiger partial charge >= 0.3 is 6.61 Å². The zero-order chi connectivity index (χ0) is 19.6. The maximum atomic E-state index is 13.1. The fourth-order valence-corrected chi connectivity index (χ4v) is 3.29. The number of halogens is 2. The van der Waals surface area contributed by atoms with Crippen LogP contribution in [0.3, 0.4) is 0 Å². The quantitative estimate of drug-likeness (QED) is 0.714. The van der Waals surface area contributed by atoms with Crippen molar-refractivity contribution in [1.29, 1.82) is 0 Å². The first-order valence-electron chi connectivity index (χ1n) is 8.50. The average molecular weight is 394 g/mol. The first-order chi connectivity index (χ1) is 12.8. The Morgan fingerprint density at radius 3 is 2.56 bits per heavy atom. The second-order valence-electron chi connectivity index (χ2n) is 6.71. The standard InChI is InChI=1S/C19H20F2N2O3S/c1-11(2)12-5-3-4-6-13(12)19(9-25-10-19)17(24)22-14-7-8-15(27)23-16(14)26-18(20)21/h3-8,11,18H,9-10H2,1-2H3,(H,22,24)(H,23,27). The molecule has 1 aliphatic rings. The molecule has 1 aromatic carbocycles. The number of pyridine rings is 1. The Labute approximate surface area is 160 Å². The van der Waals surface area contributed by atoms with Crippen LogP contribution < -0.4 is 10.1 Å². The molecule has 5 nitrogen and oxygen atoms in total. The molecule has 0 saturated carbocycles. The van der Waals surface area contributed by atoms with E-state index in [2.05, 4.69) is 28.9 Å². The van der Waals surface area contributed by atoms with Gasteiger partial charge in [0.2, 0.25) is 11.8 Å². The van der Waals surface area contributed by atoms with Crippen molar-refractivity contribution >= 4 is 23.8 Å². The van der Waals surface area contributed by atoms with Gasteiger partial charge in [-0.25, -0.2) is 0 Å². The number of hydrogen-bond acceptors (Lipinski definition) is 4. The van der Waals surface area contributed by atoms with Gasteiger partial charge in [-0.15, -0.1) is 0 Å². The van der Waals surface area contributed by atoms with Crippen LogP contribution in [0.5, 0.6) is 5.88 Å². The summed E-state index contributed by atoms with van der Waals surface area (Å²) in [6, 6.07) is 10.6. The van der Waals surface area contributed by atoms with E-state index >= 15 is 0 Å². The van der Waals surface area contributed by atoms with E-state index < -0.39 is 12.0 Å². The van der Waals surface area contributed by atoms with Gasteiger partial charge in [-0.3, -0.25) is 4.79 Å². The summed E-state index contributed by atoms with van der Waals surface area (Å²) in [4.78, 5) is 15.7. The second kappa shape index (κ2) is 7.74. The molecule has 1 saturated heterocycles. The molecule has 0 atom stereocenters. The lowest BCUT2D eigenvalue weighted by molar-refractivity contribution is -0.139. The van der Waals surface area contributed by atoms with Gasteiger partial charge in [0.05, 0.1) is 13.2 Å². The number of carbonyl (C=O) groups excluding carboxylic acids is 1. The maximum absolute atomic E-state index is 13.1. The third-order valence-corrected chi connectivity index (χ3v) is 4.81. The van der Waals surface area contributed by atoms with Crippen LogP contribution in [0.1, 0.15) is 30.9 Å². The highest BCUT2D eigenvalue weighted by atomic mass is 32.1. The minimum Gasteiger partial charge on any atom is -0.417 e. The smallest absolute Gasteiger partial charge is 0.388 e. The molecule has 1 amide bonds. The molecule has 0 aliphatic carbocycles. The van der Waals surface area contributed by atoms with Crippen LogP contribution in [0.4, 0.5) is 14.5 Å². The summed E-state index contributed by atoms with van der Waals surface area (Å²) in [5.74, 6) is -0.401. The Morgan fingerprint density at radius 2 is 1.96 bits per heavy atom. The van der Waals surface area contributed by atoms with E-state index in [0.29, 0.717) is 0 Å². The van der Waals surface area contributed by atoms with Crippen molar-refractivity contribution in [2.75, 3.05) is 18.5 Å². The van der Waals surface area contributed by atoms with Crippen LogP contribution in [0.25, 0.3) is 0 Å². The number of carbonyl (C=O) groups is 1. The van der Waals surface area contributed by atoms with E-state index in [4.69, 9.17) is 17.0 Å². The first kappa shape index (κ1) is 19.4. The van der Waals surface area contributed by atoms with Crippen molar-refractivity contribution in [2.24, 2.45) is 0 Å². The summed E-state index contributed by atoms with van der Waals surface area (Å²) < 4.78 is 35.4. The van der Waals surface area contributed by atoms with E-state index in [1.54, 1.807) is 0 Å². The molecule has 3 rings (SSSR count). The normalized spacial score (nSPS) is 15.5. The molecule has 1 fully saturated rings. The Kier molecular flexibility index (Phi) is 5.57. The number of aromatic nitrogens is 1. The number of nitrogens with one attached hydrogen (secondary N) is 2. The van der Waals surface area contributed by atoms with Gasteiger partial charge in [0, 0.05) is 0 Å². The second-order valence-corrected chi connectivity index (χ2v) is 7.15. The van der Waals surface area contributed by atoms with Crippen molar-refractivity contribution < 1.29 is 23.0 Å². The van der Waals surface area contributed by atoms with Gasteiger partial charge in [-0.05, 0) is 29.2 Å². The summed E-state index contributed by atoms with van der Waals surface area (Å²) in [6.07, 6.45) is 0. The predicted octanol–water partition coefficient (Wildman–Crippen LogP) is 4.38. The predicted molar refractivity (Wildman–Crippen MR) is 99.9 cm³/mol. The SMILES string of the molecule is CC(C)c1ccccc1C1(C(=O)Nc2ccc(=S)[nH]c2OC(F)F)COC1. The molecule has 0 bridgehead atoms. The van der Waals surface area contributed by atoms with Gasteiger partial charge in [-0.1, -0.05) is 50.3 Å². The molecule has 2 N–H and O–H groups in total. The average Bonchev–Trinajstić information content (AvgIpc) is 2.56. The number of H-pyrrole nitrogens is 1. The van der Waals surface area contributed by atoms with Crippen LogP contribution in [0.15, 0.2) is 36.4 Å². The van der Waals surface area contributed by atoms with Crippen LogP contribution in [-0.4, -0.2) is 30.7 Å². The van der Waals surface area contributed by atoms with Crippen molar-refractivity contribution in [2.45, 2.75) is 31.8 Å². The topological polar surface area (TPSA) is 63.4 Å². The zero-order valence-electron chi connectivity index (χ0n) is 14.9. The number of hydrogen-bond donors (Lipinski definition) is 2. The van der Waals surface area contributed by atoms with Crippen LogP contribution in [-0.2, 0) is 14.9 Å². The molecular weight excluding hydrogens is 374 g/mol. The van der Waals surface area contributed by atoms with Crippen LogP contribution >= 0.6 is 12.2 Å². The number of rotatable bonds is 6. The Hall–Kier alpha value is -2.32. The third kappa shape index (κ3) is 3.86. The van der Waals surface area contributed by atoms with Gasteiger partial charge in [0.25, 0.3) is 0 Å². The fraction of sp³-hybridized carbons (Fsp3) is 0.368. The van der Waals surface area contributed by atoms with Gasteiger partial charge < -0.3 is 19.8 Å². The van der Waals surface area contributed by atoms with Gasteiger partial charge in [0.1, 0.15) is 15.7 Å². The van der Waals surface area contributed by atoms with Crippen LogP contribution in [0, 0.1) is 4.64 Å². The first-order valence-corrected chi connectivity index (χ1v) is 8.91. The highest BCUT2D eigenvalue weighted by Gasteiger charge is 2.49. The highest BCUT2D eigenvalue weighted by Crippen LogP contribution is 2.38. The maximum Gasteiger partial charge on any atom is 0.388 e. The van der Waals surface area contributed by atoms with E-state index in [1.807, 2.05) is 24.3 Å². The Balaban J connectivity index is 1.95. The highest BCUT2D eigenvalue weighted by molar-refractivity contribution is 7.71. The molecule has 0 radical (unpaired) electrons. The van der Waals surface area contributed by atoms with Gasteiger partial charge in [0.15, 0.2) is 0 Å². The van der Waals surface area contributed by atoms with Crippen molar-refractivity contribution in [3.05, 3.63) is 52.2 Å². The summed E-state index contributed by atoms with van der Waals surface area (Å²) in [5, 5.41) is 2.70.